The Balaban J connectivity index is 0.954. The summed E-state index contributed by atoms with van der Waals surface area (Å²) in [4.78, 5) is 5.33. The highest BCUT2D eigenvalue weighted by molar-refractivity contribution is 6.22. The number of fused-ring (bicyclic) bond motifs is 8. The Bertz CT molecular complexity index is 3860. The normalized spacial score (nSPS) is 21.9. The van der Waals surface area contributed by atoms with Crippen LogP contribution >= 0.6 is 0 Å². The summed E-state index contributed by atoms with van der Waals surface area (Å²) in [5, 5.41) is 5.04. The Labute approximate surface area is 460 Å². The van der Waals surface area contributed by atoms with Crippen molar-refractivity contribution in [3.8, 4) is 66.8 Å². The molecule has 0 radical (unpaired) electrons. The predicted octanol–water partition coefficient (Wildman–Crippen LogP) is 20.7. The lowest BCUT2D eigenvalue weighted by Gasteiger charge is -2.42. The van der Waals surface area contributed by atoms with Crippen molar-refractivity contribution in [3.63, 3.8) is 0 Å². The molecule has 78 heavy (non-hydrogen) atoms. The lowest BCUT2D eigenvalue weighted by atomic mass is 9.72. The fourth-order valence-electron chi connectivity index (χ4n) is 15.6. The van der Waals surface area contributed by atoms with E-state index in [1.54, 1.807) is 0 Å². The molecule has 0 bridgehead atoms. The van der Waals surface area contributed by atoms with Crippen LogP contribution in [0.1, 0.15) is 77.3 Å². The first kappa shape index (κ1) is 46.8. The second-order valence-corrected chi connectivity index (χ2v) is 23.9. The molecule has 4 aliphatic rings. The van der Waals surface area contributed by atoms with Crippen molar-refractivity contribution in [2.24, 2.45) is 0 Å². The van der Waals surface area contributed by atoms with Gasteiger partial charge in [0, 0.05) is 33.6 Å². The molecule has 2 heteroatoms. The molecule has 2 nitrogen and oxygen atoms in total. The first-order chi connectivity index (χ1) is 38.1. The molecule has 0 aromatic heterocycles. The van der Waals surface area contributed by atoms with E-state index in [2.05, 4.69) is 280 Å². The highest BCUT2D eigenvalue weighted by Gasteiger charge is 2.60. The number of benzene rings is 11. The molecule has 2 fully saturated rings. The molecule has 0 amide bonds. The molecule has 2 saturated carbocycles. The zero-order valence-corrected chi connectivity index (χ0v) is 45.2. The van der Waals surface area contributed by atoms with Gasteiger partial charge >= 0.3 is 0 Å². The molecule has 2 heterocycles. The fourth-order valence-corrected chi connectivity index (χ4v) is 15.6. The van der Waals surface area contributed by atoms with Crippen LogP contribution in [0.15, 0.2) is 243 Å². The van der Waals surface area contributed by atoms with Crippen LogP contribution < -0.4 is 9.80 Å². The van der Waals surface area contributed by atoms with Crippen molar-refractivity contribution >= 4 is 44.3 Å². The lowest BCUT2D eigenvalue weighted by Crippen LogP contribution is -2.48. The summed E-state index contributed by atoms with van der Waals surface area (Å²) < 4.78 is 0. The van der Waals surface area contributed by atoms with E-state index >= 15 is 0 Å². The number of nitrogens with zero attached hydrogens (tertiary/aromatic N) is 2. The van der Waals surface area contributed by atoms with Gasteiger partial charge in [0.15, 0.2) is 0 Å². The SMILES string of the molecule is CC12CCCC1(C)N(c1ccccc1)c1ccc(-c3ccc4c(-c5ccc(-c6ccccc6)cc5)c5cc(-c6ccc7c(c6)C6(C)CCCC6(C)N7c6ccccc6)ccc5c(-c5ccc(-c6ccccc6)cc5)c4c3)cc12. The fraction of sp³-hybridized carbons (Fsp3) is 0.184. The van der Waals surface area contributed by atoms with Crippen molar-refractivity contribution < 1.29 is 0 Å². The number of hydrogen-bond donors (Lipinski definition) is 0. The van der Waals surface area contributed by atoms with E-state index in [0.29, 0.717) is 0 Å². The summed E-state index contributed by atoms with van der Waals surface area (Å²) in [6.45, 7) is 10.1. The predicted molar refractivity (Wildman–Crippen MR) is 330 cm³/mol. The van der Waals surface area contributed by atoms with Crippen LogP contribution in [0.5, 0.6) is 0 Å². The van der Waals surface area contributed by atoms with Gasteiger partial charge in [0.05, 0.1) is 11.1 Å². The maximum atomic E-state index is 2.67. The van der Waals surface area contributed by atoms with Crippen LogP contribution in [-0.2, 0) is 10.8 Å². The standard InChI is InChI=1S/C76H64N2/c1-73-43-17-45-75(73,3)77(61-23-13-7-14-24-61)69-41-37-59(49-67(69)73)57-35-39-63-65(47-57)71(55-31-27-53(28-32-55)51-19-9-5-10-20-51)64-40-36-58(48-66(64)72(63)56-33-29-54(30-34-56)52-21-11-6-12-22-52)60-38-42-70-68(50-60)74(2)44-18-46-76(74,4)78(70)62-25-15-8-16-26-62/h5-16,19-42,47-50H,17-18,43-46H2,1-4H3. The van der Waals surface area contributed by atoms with Crippen molar-refractivity contribution in [3.05, 3.63) is 254 Å². The molecule has 0 saturated heterocycles. The highest BCUT2D eigenvalue weighted by Crippen LogP contribution is 2.64. The molecular weight excluding hydrogens is 941 g/mol. The quantitative estimate of drug-likeness (QED) is 0.140. The average Bonchev–Trinajstić information content (AvgIpc) is 4.30. The highest BCUT2D eigenvalue weighted by atomic mass is 15.3. The van der Waals surface area contributed by atoms with Gasteiger partial charge in [-0.1, -0.05) is 209 Å². The van der Waals surface area contributed by atoms with Gasteiger partial charge in [0.2, 0.25) is 0 Å². The summed E-state index contributed by atoms with van der Waals surface area (Å²) in [5.41, 5.74) is 23.1. The maximum absolute atomic E-state index is 2.67. The lowest BCUT2D eigenvalue weighted by molar-refractivity contribution is 0.330. The van der Waals surface area contributed by atoms with Crippen molar-refractivity contribution in [2.75, 3.05) is 9.80 Å². The molecule has 4 atom stereocenters. The minimum atomic E-state index is -0.00212. The van der Waals surface area contributed by atoms with Crippen molar-refractivity contribution in [1.29, 1.82) is 0 Å². The van der Waals surface area contributed by atoms with E-state index in [1.165, 1.54) is 161 Å². The number of hydrogen-bond acceptors (Lipinski definition) is 2. The number of para-hydroxylation sites is 2. The average molecular weight is 1010 g/mol. The van der Waals surface area contributed by atoms with Gasteiger partial charge in [-0.2, -0.15) is 0 Å². The summed E-state index contributed by atoms with van der Waals surface area (Å²) >= 11 is 0. The smallest absolute Gasteiger partial charge is 0.0517 e. The largest absolute Gasteiger partial charge is 0.334 e. The molecule has 11 aromatic carbocycles. The minimum absolute atomic E-state index is 0.00212. The molecule has 0 N–H and O–H groups in total. The number of anilines is 4. The molecule has 2 aliphatic heterocycles. The molecular formula is C76H64N2. The van der Waals surface area contributed by atoms with Crippen LogP contribution in [0.25, 0.3) is 88.3 Å². The Morgan fingerprint density at radius 3 is 0.962 bits per heavy atom. The summed E-state index contributed by atoms with van der Waals surface area (Å²) in [5.74, 6) is 0. The van der Waals surface area contributed by atoms with Gasteiger partial charge in [-0.3, -0.25) is 0 Å². The summed E-state index contributed by atoms with van der Waals surface area (Å²) in [6, 6.07) is 91.9. The third-order valence-corrected chi connectivity index (χ3v) is 20.1. The van der Waals surface area contributed by atoms with E-state index < -0.39 is 0 Å². The maximum Gasteiger partial charge on any atom is 0.0517 e. The molecule has 2 aliphatic carbocycles. The summed E-state index contributed by atoms with van der Waals surface area (Å²) in [6.07, 6.45) is 7.16. The summed E-state index contributed by atoms with van der Waals surface area (Å²) in [7, 11) is 0. The minimum Gasteiger partial charge on any atom is -0.334 e. The van der Waals surface area contributed by atoms with Gasteiger partial charge in [0.1, 0.15) is 0 Å². The van der Waals surface area contributed by atoms with E-state index in [0.717, 1.165) is 0 Å². The zero-order chi connectivity index (χ0) is 52.4. The molecule has 11 aromatic rings. The van der Waals surface area contributed by atoms with Gasteiger partial charge in [-0.25, -0.2) is 0 Å². The van der Waals surface area contributed by atoms with Gasteiger partial charge < -0.3 is 9.80 Å². The van der Waals surface area contributed by atoms with E-state index in [-0.39, 0.29) is 21.9 Å². The van der Waals surface area contributed by atoms with Gasteiger partial charge in [-0.05, 0) is 200 Å². The Hall–Kier alpha value is -8.46. The van der Waals surface area contributed by atoms with E-state index in [1.807, 2.05) is 0 Å². The van der Waals surface area contributed by atoms with Gasteiger partial charge in [-0.15, -0.1) is 0 Å². The molecule has 0 spiro atoms. The monoisotopic (exact) mass is 1000 g/mol. The molecule has 15 rings (SSSR count). The van der Waals surface area contributed by atoms with E-state index in [4.69, 9.17) is 0 Å². The topological polar surface area (TPSA) is 6.48 Å². The van der Waals surface area contributed by atoms with Crippen LogP contribution in [0, 0.1) is 0 Å². The molecule has 4 unspecified atom stereocenters. The van der Waals surface area contributed by atoms with Crippen molar-refractivity contribution in [1.82, 2.24) is 0 Å². The Morgan fingerprint density at radius 2 is 0.577 bits per heavy atom. The van der Waals surface area contributed by atoms with Crippen LogP contribution in [0.2, 0.25) is 0 Å². The van der Waals surface area contributed by atoms with Crippen molar-refractivity contribution in [2.45, 2.75) is 88.1 Å². The third-order valence-electron chi connectivity index (χ3n) is 20.1. The van der Waals surface area contributed by atoms with Crippen LogP contribution in [-0.4, -0.2) is 11.1 Å². The Morgan fingerprint density at radius 1 is 0.269 bits per heavy atom. The number of rotatable bonds is 8. The third kappa shape index (κ3) is 6.81. The van der Waals surface area contributed by atoms with Crippen LogP contribution in [0.3, 0.4) is 0 Å². The second kappa shape index (κ2) is 17.5. The second-order valence-electron chi connectivity index (χ2n) is 23.9. The zero-order valence-electron chi connectivity index (χ0n) is 45.2. The first-order valence-electron chi connectivity index (χ1n) is 28.5. The molecule has 378 valence electrons. The van der Waals surface area contributed by atoms with E-state index in [9.17, 15) is 0 Å². The van der Waals surface area contributed by atoms with Gasteiger partial charge in [0.25, 0.3) is 0 Å². The van der Waals surface area contributed by atoms with Crippen LogP contribution in [0.4, 0.5) is 22.7 Å². The first-order valence-corrected chi connectivity index (χ1v) is 28.5. The Kier molecular flexibility index (Phi) is 10.5.